The Labute approximate surface area is 125 Å². The molecular formula is C17H20N2O2. The molecule has 3 rings (SSSR count). The van der Waals surface area contributed by atoms with Crippen molar-refractivity contribution in [3.63, 3.8) is 0 Å². The summed E-state index contributed by atoms with van der Waals surface area (Å²) in [4.78, 5) is 14.2. The van der Waals surface area contributed by atoms with Gasteiger partial charge in [0.25, 0.3) is 0 Å². The first kappa shape index (κ1) is 14.1. The highest BCUT2D eigenvalue weighted by Gasteiger charge is 2.38. The Balaban J connectivity index is 1.70. The summed E-state index contributed by atoms with van der Waals surface area (Å²) in [5.41, 5.74) is 1.61. The predicted molar refractivity (Wildman–Crippen MR) is 78.3 cm³/mol. The van der Waals surface area contributed by atoms with Gasteiger partial charge in [0.15, 0.2) is 0 Å². The van der Waals surface area contributed by atoms with Gasteiger partial charge in [-0.1, -0.05) is 12.1 Å². The summed E-state index contributed by atoms with van der Waals surface area (Å²) >= 11 is 0. The molecule has 0 saturated carbocycles. The highest BCUT2D eigenvalue weighted by molar-refractivity contribution is 5.76. The van der Waals surface area contributed by atoms with Crippen LogP contribution in [-0.4, -0.2) is 29.6 Å². The number of likely N-dealkylation sites (tertiary alicyclic amines) is 1. The van der Waals surface area contributed by atoms with Gasteiger partial charge in [-0.2, -0.15) is 5.26 Å². The van der Waals surface area contributed by atoms with Crippen LogP contribution in [0.3, 0.4) is 0 Å². The maximum absolute atomic E-state index is 12.3. The second-order valence-electron chi connectivity index (χ2n) is 6.01. The van der Waals surface area contributed by atoms with E-state index in [2.05, 4.69) is 6.07 Å². The molecule has 0 aliphatic carbocycles. The van der Waals surface area contributed by atoms with E-state index in [9.17, 15) is 4.79 Å². The van der Waals surface area contributed by atoms with E-state index in [4.69, 9.17) is 10.00 Å². The van der Waals surface area contributed by atoms with Gasteiger partial charge in [-0.05, 0) is 43.4 Å². The number of hydrogen-bond donors (Lipinski definition) is 0. The first-order chi connectivity index (χ1) is 10.2. The van der Waals surface area contributed by atoms with E-state index in [1.54, 1.807) is 6.07 Å². The molecule has 0 aromatic heterocycles. The van der Waals surface area contributed by atoms with Crippen LogP contribution < -0.4 is 0 Å². The number of hydrogen-bond acceptors (Lipinski definition) is 3. The van der Waals surface area contributed by atoms with Crippen LogP contribution in [0.25, 0.3) is 0 Å². The number of carbonyl (C=O) groups is 1. The average molecular weight is 284 g/mol. The van der Waals surface area contributed by atoms with Crippen molar-refractivity contribution in [2.45, 2.75) is 44.2 Å². The number of ether oxygens (including phenoxy) is 1. The van der Waals surface area contributed by atoms with Crippen LogP contribution in [0.2, 0.25) is 0 Å². The van der Waals surface area contributed by atoms with E-state index in [1.165, 1.54) is 0 Å². The molecule has 1 aromatic rings. The van der Waals surface area contributed by atoms with Crippen molar-refractivity contribution >= 4 is 5.91 Å². The SMILES string of the molecule is N#Cc1cccc(CN2CC[C@]3(CCCO3)CCC2=O)c1. The molecule has 1 amide bonds. The quantitative estimate of drug-likeness (QED) is 0.839. The number of amides is 1. The molecule has 0 radical (unpaired) electrons. The van der Waals surface area contributed by atoms with Crippen LogP contribution >= 0.6 is 0 Å². The molecule has 2 aliphatic rings. The maximum Gasteiger partial charge on any atom is 0.222 e. The van der Waals surface area contributed by atoms with Gasteiger partial charge in [-0.25, -0.2) is 0 Å². The maximum atomic E-state index is 12.3. The van der Waals surface area contributed by atoms with Gasteiger partial charge in [0.2, 0.25) is 5.91 Å². The predicted octanol–water partition coefficient (Wildman–Crippen LogP) is 2.62. The first-order valence-electron chi connectivity index (χ1n) is 7.62. The zero-order valence-corrected chi connectivity index (χ0v) is 12.2. The molecule has 110 valence electrons. The Hall–Kier alpha value is -1.86. The fraction of sp³-hybridized carbons (Fsp3) is 0.529. The summed E-state index contributed by atoms with van der Waals surface area (Å²) in [6.07, 6.45) is 4.53. The molecule has 2 aliphatic heterocycles. The van der Waals surface area contributed by atoms with Crippen molar-refractivity contribution in [3.05, 3.63) is 35.4 Å². The third-order valence-electron chi connectivity index (χ3n) is 4.60. The third kappa shape index (κ3) is 3.08. The standard InChI is InChI=1S/C17H20N2O2/c18-12-14-3-1-4-15(11-14)13-19-9-8-17(6-2-10-21-17)7-5-16(19)20/h1,3-4,11H,2,5-10,13H2/t17-/m0/s1. The molecule has 4 nitrogen and oxygen atoms in total. The number of carbonyl (C=O) groups excluding carboxylic acids is 1. The molecule has 0 unspecified atom stereocenters. The Morgan fingerprint density at radius 1 is 1.33 bits per heavy atom. The summed E-state index contributed by atoms with van der Waals surface area (Å²) in [5.74, 6) is 0.199. The van der Waals surface area contributed by atoms with Gasteiger partial charge < -0.3 is 9.64 Å². The average Bonchev–Trinajstić information content (AvgIpc) is 2.92. The van der Waals surface area contributed by atoms with Crippen LogP contribution in [0, 0.1) is 11.3 Å². The van der Waals surface area contributed by atoms with E-state index in [0.717, 1.165) is 44.4 Å². The Bertz CT molecular complexity index is 570. The van der Waals surface area contributed by atoms with Gasteiger partial charge in [-0.15, -0.1) is 0 Å². The Kier molecular flexibility index (Phi) is 3.94. The number of nitrogens with zero attached hydrogens (tertiary/aromatic N) is 2. The molecule has 4 heteroatoms. The van der Waals surface area contributed by atoms with Crippen molar-refractivity contribution in [2.24, 2.45) is 0 Å². The smallest absolute Gasteiger partial charge is 0.222 e. The van der Waals surface area contributed by atoms with Crippen LogP contribution in [0.4, 0.5) is 0 Å². The molecule has 0 bridgehead atoms. The summed E-state index contributed by atoms with van der Waals surface area (Å²) in [6.45, 7) is 2.17. The summed E-state index contributed by atoms with van der Waals surface area (Å²) in [5, 5.41) is 8.96. The van der Waals surface area contributed by atoms with Crippen molar-refractivity contribution in [2.75, 3.05) is 13.2 Å². The van der Waals surface area contributed by atoms with Crippen LogP contribution in [0.1, 0.15) is 43.2 Å². The zero-order chi connectivity index (χ0) is 14.7. The number of nitriles is 1. The molecule has 1 aromatic carbocycles. The fourth-order valence-electron chi connectivity index (χ4n) is 3.36. The lowest BCUT2D eigenvalue weighted by Crippen LogP contribution is -2.32. The zero-order valence-electron chi connectivity index (χ0n) is 12.2. The second kappa shape index (κ2) is 5.87. The lowest BCUT2D eigenvalue weighted by atomic mass is 9.92. The summed E-state index contributed by atoms with van der Waals surface area (Å²) in [6, 6.07) is 9.64. The molecule has 2 fully saturated rings. The highest BCUT2D eigenvalue weighted by Crippen LogP contribution is 2.36. The van der Waals surface area contributed by atoms with Crippen molar-refractivity contribution < 1.29 is 9.53 Å². The monoisotopic (exact) mass is 284 g/mol. The molecule has 1 spiro atoms. The summed E-state index contributed by atoms with van der Waals surface area (Å²) in [7, 11) is 0. The van der Waals surface area contributed by atoms with E-state index >= 15 is 0 Å². The van der Waals surface area contributed by atoms with E-state index < -0.39 is 0 Å². The van der Waals surface area contributed by atoms with Gasteiger partial charge in [0, 0.05) is 26.1 Å². The lowest BCUT2D eigenvalue weighted by Gasteiger charge is -2.26. The van der Waals surface area contributed by atoms with Crippen molar-refractivity contribution in [3.8, 4) is 6.07 Å². The van der Waals surface area contributed by atoms with Crippen molar-refractivity contribution in [1.29, 1.82) is 5.26 Å². The lowest BCUT2D eigenvalue weighted by molar-refractivity contribution is -0.131. The first-order valence-corrected chi connectivity index (χ1v) is 7.62. The highest BCUT2D eigenvalue weighted by atomic mass is 16.5. The number of rotatable bonds is 2. The van der Waals surface area contributed by atoms with Gasteiger partial charge in [-0.3, -0.25) is 4.79 Å². The molecule has 21 heavy (non-hydrogen) atoms. The second-order valence-corrected chi connectivity index (χ2v) is 6.01. The minimum atomic E-state index is -0.0566. The van der Waals surface area contributed by atoms with E-state index in [1.807, 2.05) is 23.1 Å². The minimum absolute atomic E-state index is 0.0566. The molecule has 2 heterocycles. The van der Waals surface area contributed by atoms with E-state index in [-0.39, 0.29) is 11.5 Å². The van der Waals surface area contributed by atoms with Gasteiger partial charge in [0.05, 0.1) is 17.2 Å². The molecule has 0 N–H and O–H groups in total. The fourth-order valence-corrected chi connectivity index (χ4v) is 3.36. The Morgan fingerprint density at radius 2 is 2.24 bits per heavy atom. The third-order valence-corrected chi connectivity index (χ3v) is 4.60. The normalized spacial score (nSPS) is 25.9. The van der Waals surface area contributed by atoms with Crippen LogP contribution in [-0.2, 0) is 16.1 Å². The Morgan fingerprint density at radius 3 is 3.00 bits per heavy atom. The molecule has 1 atom stereocenters. The van der Waals surface area contributed by atoms with Crippen molar-refractivity contribution in [1.82, 2.24) is 4.90 Å². The van der Waals surface area contributed by atoms with Crippen LogP contribution in [0.5, 0.6) is 0 Å². The largest absolute Gasteiger partial charge is 0.375 e. The summed E-state index contributed by atoms with van der Waals surface area (Å²) < 4.78 is 5.92. The van der Waals surface area contributed by atoms with Crippen LogP contribution in [0.15, 0.2) is 24.3 Å². The topological polar surface area (TPSA) is 53.3 Å². The molecule has 2 saturated heterocycles. The van der Waals surface area contributed by atoms with E-state index in [0.29, 0.717) is 18.5 Å². The van der Waals surface area contributed by atoms with Gasteiger partial charge >= 0.3 is 0 Å². The molecular weight excluding hydrogens is 264 g/mol. The minimum Gasteiger partial charge on any atom is -0.375 e. The number of benzene rings is 1. The van der Waals surface area contributed by atoms with Gasteiger partial charge in [0.1, 0.15) is 0 Å².